The Kier molecular flexibility index (Phi) is 3.31. The van der Waals surface area contributed by atoms with Gasteiger partial charge in [0.05, 0.1) is 19.0 Å². The van der Waals surface area contributed by atoms with Gasteiger partial charge >= 0.3 is 0 Å². The van der Waals surface area contributed by atoms with E-state index in [1.54, 1.807) is 25.4 Å². The molecule has 1 N–H and O–H groups in total. The van der Waals surface area contributed by atoms with Crippen LogP contribution in [0.5, 0.6) is 5.88 Å². The van der Waals surface area contributed by atoms with E-state index in [9.17, 15) is 4.79 Å². The third kappa shape index (κ3) is 2.45. The van der Waals surface area contributed by atoms with Gasteiger partial charge in [0.2, 0.25) is 5.88 Å². The fraction of sp³-hybridized carbons (Fsp3) is 0.125. The van der Waals surface area contributed by atoms with Gasteiger partial charge in [0.1, 0.15) is 0 Å². The Labute approximate surface area is 122 Å². The summed E-state index contributed by atoms with van der Waals surface area (Å²) in [5.41, 5.74) is 2.30. The van der Waals surface area contributed by atoms with Crippen molar-refractivity contribution in [3.05, 3.63) is 54.4 Å². The van der Waals surface area contributed by atoms with Gasteiger partial charge in [-0.2, -0.15) is 0 Å². The van der Waals surface area contributed by atoms with E-state index in [-0.39, 0.29) is 5.91 Å². The van der Waals surface area contributed by atoms with Crippen LogP contribution in [0.4, 0.5) is 5.69 Å². The molecule has 1 aromatic carbocycles. The first kappa shape index (κ1) is 13.2. The molecule has 2 aromatic heterocycles. The van der Waals surface area contributed by atoms with Gasteiger partial charge in [-0.05, 0) is 24.3 Å². The number of carbonyl (C=O) groups is 1. The molecule has 21 heavy (non-hydrogen) atoms. The van der Waals surface area contributed by atoms with Crippen molar-refractivity contribution in [3.8, 4) is 5.88 Å². The zero-order chi connectivity index (χ0) is 14.8. The van der Waals surface area contributed by atoms with Crippen LogP contribution in [0.2, 0.25) is 0 Å². The van der Waals surface area contributed by atoms with Crippen LogP contribution in [-0.2, 0) is 7.05 Å². The molecule has 0 unspecified atom stereocenters. The van der Waals surface area contributed by atoms with E-state index in [0.29, 0.717) is 17.1 Å². The highest BCUT2D eigenvalue weighted by atomic mass is 16.5. The summed E-state index contributed by atoms with van der Waals surface area (Å²) in [6, 6.07) is 11.1. The minimum absolute atomic E-state index is 0.154. The third-order valence-electron chi connectivity index (χ3n) is 3.38. The Balaban J connectivity index is 1.89. The van der Waals surface area contributed by atoms with Crippen molar-refractivity contribution in [1.82, 2.24) is 9.55 Å². The van der Waals surface area contributed by atoms with E-state index in [1.807, 2.05) is 42.1 Å². The number of rotatable bonds is 3. The first-order chi connectivity index (χ1) is 10.2. The minimum Gasteiger partial charge on any atom is -0.481 e. The van der Waals surface area contributed by atoms with E-state index in [4.69, 9.17) is 4.74 Å². The fourth-order valence-electron chi connectivity index (χ4n) is 2.27. The number of benzene rings is 1. The first-order valence-electron chi connectivity index (χ1n) is 6.54. The molecule has 3 aromatic rings. The maximum absolute atomic E-state index is 12.4. The molecule has 2 heterocycles. The Morgan fingerprint density at radius 3 is 2.81 bits per heavy atom. The van der Waals surface area contributed by atoms with Gasteiger partial charge in [-0.3, -0.25) is 4.79 Å². The number of hydrogen-bond acceptors (Lipinski definition) is 3. The Morgan fingerprint density at radius 1 is 1.24 bits per heavy atom. The second-order valence-electron chi connectivity index (χ2n) is 4.71. The summed E-state index contributed by atoms with van der Waals surface area (Å²) >= 11 is 0. The quantitative estimate of drug-likeness (QED) is 0.803. The summed E-state index contributed by atoms with van der Waals surface area (Å²) in [6.45, 7) is 0. The molecular weight excluding hydrogens is 266 g/mol. The SMILES string of the molecule is COc1ccc(NC(=O)c2cccc3c2ccn3C)cn1. The van der Waals surface area contributed by atoms with E-state index in [2.05, 4.69) is 10.3 Å². The molecule has 5 heteroatoms. The molecule has 0 radical (unpaired) electrons. The van der Waals surface area contributed by atoms with Crippen LogP contribution in [0, 0.1) is 0 Å². The van der Waals surface area contributed by atoms with Crippen molar-refractivity contribution in [3.63, 3.8) is 0 Å². The number of nitrogens with zero attached hydrogens (tertiary/aromatic N) is 2. The lowest BCUT2D eigenvalue weighted by molar-refractivity contribution is 0.102. The van der Waals surface area contributed by atoms with Crippen molar-refractivity contribution >= 4 is 22.5 Å². The van der Waals surface area contributed by atoms with Crippen LogP contribution in [0.3, 0.4) is 0 Å². The average Bonchev–Trinajstić information content (AvgIpc) is 2.89. The summed E-state index contributed by atoms with van der Waals surface area (Å²) in [6.07, 6.45) is 3.51. The molecule has 3 rings (SSSR count). The number of anilines is 1. The Morgan fingerprint density at radius 2 is 2.10 bits per heavy atom. The van der Waals surface area contributed by atoms with Crippen LogP contribution in [0.25, 0.3) is 10.9 Å². The van der Waals surface area contributed by atoms with Crippen LogP contribution >= 0.6 is 0 Å². The largest absolute Gasteiger partial charge is 0.481 e. The van der Waals surface area contributed by atoms with Gasteiger partial charge in [-0.25, -0.2) is 4.98 Å². The topological polar surface area (TPSA) is 56.1 Å². The Bertz CT molecular complexity index is 791. The number of carbonyl (C=O) groups excluding carboxylic acids is 1. The highest BCUT2D eigenvalue weighted by Gasteiger charge is 2.11. The molecule has 0 aliphatic carbocycles. The Hall–Kier alpha value is -2.82. The normalized spacial score (nSPS) is 10.6. The van der Waals surface area contributed by atoms with Gasteiger partial charge in [0.25, 0.3) is 5.91 Å². The summed E-state index contributed by atoms with van der Waals surface area (Å²) in [5, 5.41) is 3.77. The van der Waals surface area contributed by atoms with Gasteiger partial charge in [-0.15, -0.1) is 0 Å². The first-order valence-corrected chi connectivity index (χ1v) is 6.54. The van der Waals surface area contributed by atoms with Gasteiger partial charge in [0.15, 0.2) is 0 Å². The second-order valence-corrected chi connectivity index (χ2v) is 4.71. The van der Waals surface area contributed by atoms with Crippen molar-refractivity contribution in [2.75, 3.05) is 12.4 Å². The van der Waals surface area contributed by atoms with Crippen LogP contribution < -0.4 is 10.1 Å². The maximum atomic E-state index is 12.4. The smallest absolute Gasteiger partial charge is 0.256 e. The number of methoxy groups -OCH3 is 1. The molecule has 0 aliphatic rings. The standard InChI is InChI=1S/C16H15N3O2/c1-19-9-8-12-13(4-3-5-14(12)19)16(20)18-11-6-7-15(21-2)17-10-11/h3-10H,1-2H3,(H,18,20). The summed E-state index contributed by atoms with van der Waals surface area (Å²) in [4.78, 5) is 16.5. The second kappa shape index (κ2) is 5.28. The number of hydrogen-bond donors (Lipinski definition) is 1. The monoisotopic (exact) mass is 281 g/mol. The molecular formula is C16H15N3O2. The van der Waals surface area contributed by atoms with E-state index in [1.165, 1.54) is 0 Å². The zero-order valence-corrected chi connectivity index (χ0v) is 11.8. The van der Waals surface area contributed by atoms with Gasteiger partial charge in [-0.1, -0.05) is 6.07 Å². The van der Waals surface area contributed by atoms with Gasteiger partial charge in [0, 0.05) is 35.8 Å². The number of aromatic nitrogens is 2. The number of fused-ring (bicyclic) bond motifs is 1. The number of nitrogens with one attached hydrogen (secondary N) is 1. The van der Waals surface area contributed by atoms with Crippen molar-refractivity contribution in [2.24, 2.45) is 7.05 Å². The minimum atomic E-state index is -0.154. The number of pyridine rings is 1. The van der Waals surface area contributed by atoms with Crippen LogP contribution in [0.1, 0.15) is 10.4 Å². The number of amides is 1. The average molecular weight is 281 g/mol. The predicted octanol–water partition coefficient (Wildman–Crippen LogP) is 2.83. The predicted molar refractivity (Wildman–Crippen MR) is 81.7 cm³/mol. The molecule has 1 amide bonds. The molecule has 0 fully saturated rings. The van der Waals surface area contributed by atoms with Gasteiger partial charge < -0.3 is 14.6 Å². The van der Waals surface area contributed by atoms with Crippen molar-refractivity contribution in [1.29, 1.82) is 0 Å². The molecule has 5 nitrogen and oxygen atoms in total. The van der Waals surface area contributed by atoms with Crippen LogP contribution in [0.15, 0.2) is 48.8 Å². The molecule has 106 valence electrons. The van der Waals surface area contributed by atoms with Crippen molar-refractivity contribution < 1.29 is 9.53 Å². The summed E-state index contributed by atoms with van der Waals surface area (Å²) < 4.78 is 6.98. The van der Waals surface area contributed by atoms with Crippen molar-refractivity contribution in [2.45, 2.75) is 0 Å². The molecule has 0 saturated heterocycles. The molecule has 0 atom stereocenters. The summed E-state index contributed by atoms with van der Waals surface area (Å²) in [5.74, 6) is 0.358. The number of aryl methyl sites for hydroxylation is 1. The van der Waals surface area contributed by atoms with E-state index >= 15 is 0 Å². The molecule has 0 saturated carbocycles. The zero-order valence-electron chi connectivity index (χ0n) is 11.8. The lowest BCUT2D eigenvalue weighted by Crippen LogP contribution is -2.12. The highest BCUT2D eigenvalue weighted by Crippen LogP contribution is 2.21. The molecule has 0 aliphatic heterocycles. The lowest BCUT2D eigenvalue weighted by Gasteiger charge is -2.07. The third-order valence-corrected chi connectivity index (χ3v) is 3.38. The highest BCUT2D eigenvalue weighted by molar-refractivity contribution is 6.12. The number of ether oxygens (including phenoxy) is 1. The van der Waals surface area contributed by atoms with Crippen LogP contribution in [-0.4, -0.2) is 22.6 Å². The maximum Gasteiger partial charge on any atom is 0.256 e. The summed E-state index contributed by atoms with van der Waals surface area (Å²) in [7, 11) is 3.51. The van der Waals surface area contributed by atoms with E-state index in [0.717, 1.165) is 10.9 Å². The fourth-order valence-corrected chi connectivity index (χ4v) is 2.27. The molecule has 0 bridgehead atoms. The lowest BCUT2D eigenvalue weighted by atomic mass is 10.1. The molecule has 0 spiro atoms. The van der Waals surface area contributed by atoms with E-state index < -0.39 is 0 Å².